The first kappa shape index (κ1) is 24.4. The highest BCUT2D eigenvalue weighted by atomic mass is 35.5. The molecule has 0 atom stereocenters. The minimum Gasteiger partial charge on any atom is -0.486 e. The predicted octanol–water partition coefficient (Wildman–Crippen LogP) is 5.35. The third kappa shape index (κ3) is 5.50. The fourth-order valence-electron chi connectivity index (χ4n) is 3.47. The fourth-order valence-corrected chi connectivity index (χ4v) is 4.08. The zero-order chi connectivity index (χ0) is 25.1. The standard InChI is InChI=1S/C25H20Cl2N2O6/c1-14-4-3-5-15(8-14)13-34-22-18(26)9-16(10-19(22)27)11-20-23(30)29(25(32)28-20)12-17-6-7-21(35-17)24(31)33-2/h3-11H,12-13H2,1-2H3,(H,28,32)/b20-11-. The van der Waals surface area contributed by atoms with Crippen molar-refractivity contribution in [1.82, 2.24) is 10.2 Å². The number of benzene rings is 2. The molecule has 1 aliphatic heterocycles. The highest BCUT2D eigenvalue weighted by Gasteiger charge is 2.34. The molecule has 1 aromatic heterocycles. The Morgan fingerprint density at radius 2 is 1.86 bits per heavy atom. The van der Waals surface area contributed by atoms with E-state index in [0.717, 1.165) is 16.0 Å². The van der Waals surface area contributed by atoms with Gasteiger partial charge in [-0.15, -0.1) is 0 Å². The van der Waals surface area contributed by atoms with E-state index in [4.69, 9.17) is 32.4 Å². The highest BCUT2D eigenvalue weighted by molar-refractivity contribution is 6.37. The lowest BCUT2D eigenvalue weighted by Crippen LogP contribution is -2.30. The Morgan fingerprint density at radius 3 is 2.54 bits per heavy atom. The number of nitrogens with one attached hydrogen (secondary N) is 1. The van der Waals surface area contributed by atoms with Crippen LogP contribution in [0.4, 0.5) is 4.79 Å². The minimum atomic E-state index is -0.658. The smallest absolute Gasteiger partial charge is 0.373 e. The molecular formula is C25H20Cl2N2O6. The lowest BCUT2D eigenvalue weighted by molar-refractivity contribution is -0.123. The number of carbonyl (C=O) groups is 3. The number of furan rings is 1. The number of hydrogen-bond donors (Lipinski definition) is 1. The summed E-state index contributed by atoms with van der Waals surface area (Å²) in [6.07, 6.45) is 1.46. The Hall–Kier alpha value is -3.75. The minimum absolute atomic E-state index is 0.0284. The van der Waals surface area contributed by atoms with E-state index in [1.165, 1.54) is 25.3 Å². The molecule has 0 spiro atoms. The van der Waals surface area contributed by atoms with Crippen LogP contribution in [0.1, 0.15) is 33.0 Å². The molecule has 0 bridgehead atoms. The van der Waals surface area contributed by atoms with Gasteiger partial charge in [-0.05, 0) is 48.4 Å². The quantitative estimate of drug-likeness (QED) is 0.259. The van der Waals surface area contributed by atoms with Gasteiger partial charge >= 0.3 is 12.0 Å². The van der Waals surface area contributed by atoms with Crippen LogP contribution in [-0.4, -0.2) is 29.9 Å². The SMILES string of the molecule is COC(=O)c1ccc(CN2C(=O)N/C(=C\c3cc(Cl)c(OCc4cccc(C)c4)c(Cl)c3)C2=O)o1. The van der Waals surface area contributed by atoms with Crippen LogP contribution in [0.3, 0.4) is 0 Å². The number of halogens is 2. The summed E-state index contributed by atoms with van der Waals surface area (Å²) >= 11 is 12.8. The number of urea groups is 1. The molecule has 2 aromatic carbocycles. The van der Waals surface area contributed by atoms with Crippen molar-refractivity contribution in [3.05, 3.63) is 92.5 Å². The molecular weight excluding hydrogens is 495 g/mol. The van der Waals surface area contributed by atoms with E-state index in [2.05, 4.69) is 10.1 Å². The maximum absolute atomic E-state index is 12.8. The number of hydrogen-bond acceptors (Lipinski definition) is 6. The van der Waals surface area contributed by atoms with Crippen LogP contribution in [0.15, 0.2) is 58.6 Å². The van der Waals surface area contributed by atoms with Gasteiger partial charge < -0.3 is 19.2 Å². The number of aryl methyl sites for hydroxylation is 1. The molecule has 10 heteroatoms. The van der Waals surface area contributed by atoms with Crippen LogP contribution >= 0.6 is 23.2 Å². The summed E-state index contributed by atoms with van der Waals surface area (Å²) in [7, 11) is 1.22. The first-order chi connectivity index (χ1) is 16.7. The van der Waals surface area contributed by atoms with Gasteiger partial charge in [0.15, 0.2) is 5.75 Å². The van der Waals surface area contributed by atoms with Gasteiger partial charge in [0.05, 0.1) is 23.7 Å². The summed E-state index contributed by atoms with van der Waals surface area (Å²) in [4.78, 5) is 37.7. The molecule has 35 heavy (non-hydrogen) atoms. The lowest BCUT2D eigenvalue weighted by Gasteiger charge is -2.11. The molecule has 8 nitrogen and oxygen atoms in total. The number of imide groups is 1. The Bertz CT molecular complexity index is 1320. The van der Waals surface area contributed by atoms with Crippen molar-refractivity contribution in [2.45, 2.75) is 20.1 Å². The van der Waals surface area contributed by atoms with E-state index in [0.29, 0.717) is 11.3 Å². The number of ether oxygens (including phenoxy) is 2. The van der Waals surface area contributed by atoms with Gasteiger partial charge in [-0.3, -0.25) is 9.69 Å². The molecule has 1 N–H and O–H groups in total. The number of methoxy groups -OCH3 is 1. The Balaban J connectivity index is 1.48. The van der Waals surface area contributed by atoms with E-state index >= 15 is 0 Å². The summed E-state index contributed by atoms with van der Waals surface area (Å²) in [5.41, 5.74) is 2.62. The monoisotopic (exact) mass is 514 g/mol. The van der Waals surface area contributed by atoms with E-state index in [1.807, 2.05) is 31.2 Å². The number of rotatable bonds is 7. The largest absolute Gasteiger partial charge is 0.486 e. The van der Waals surface area contributed by atoms with E-state index in [1.54, 1.807) is 12.1 Å². The molecule has 0 unspecified atom stereocenters. The van der Waals surface area contributed by atoms with Crippen LogP contribution in [0.5, 0.6) is 5.75 Å². The van der Waals surface area contributed by atoms with Crippen molar-refractivity contribution in [2.75, 3.05) is 7.11 Å². The first-order valence-corrected chi connectivity index (χ1v) is 11.2. The Kier molecular flexibility index (Phi) is 7.14. The van der Waals surface area contributed by atoms with Crippen LogP contribution in [0, 0.1) is 6.92 Å². The zero-order valence-electron chi connectivity index (χ0n) is 18.8. The summed E-state index contributed by atoms with van der Waals surface area (Å²) < 4.78 is 15.7. The van der Waals surface area contributed by atoms with Crippen molar-refractivity contribution in [3.63, 3.8) is 0 Å². The first-order valence-electron chi connectivity index (χ1n) is 10.4. The van der Waals surface area contributed by atoms with E-state index in [9.17, 15) is 14.4 Å². The molecule has 180 valence electrons. The van der Waals surface area contributed by atoms with Gasteiger partial charge in [0.1, 0.15) is 18.1 Å². The van der Waals surface area contributed by atoms with Crippen molar-refractivity contribution >= 4 is 47.2 Å². The normalized spacial score (nSPS) is 14.4. The second kappa shape index (κ2) is 10.2. The fraction of sp³-hybridized carbons (Fsp3) is 0.160. The molecule has 2 heterocycles. The van der Waals surface area contributed by atoms with Crippen LogP contribution in [-0.2, 0) is 22.7 Å². The molecule has 3 amide bonds. The van der Waals surface area contributed by atoms with Crippen LogP contribution in [0.2, 0.25) is 10.0 Å². The third-order valence-corrected chi connectivity index (χ3v) is 5.68. The second-order valence-corrected chi connectivity index (χ2v) is 8.54. The molecule has 3 aromatic rings. The van der Waals surface area contributed by atoms with Gasteiger partial charge in [0.25, 0.3) is 5.91 Å². The Morgan fingerprint density at radius 1 is 1.11 bits per heavy atom. The van der Waals surface area contributed by atoms with Gasteiger partial charge in [0.2, 0.25) is 5.76 Å². The molecule has 4 rings (SSSR count). The van der Waals surface area contributed by atoms with Crippen LogP contribution in [0.25, 0.3) is 6.08 Å². The zero-order valence-corrected chi connectivity index (χ0v) is 20.3. The molecule has 1 fully saturated rings. The summed E-state index contributed by atoms with van der Waals surface area (Å²) in [5, 5.41) is 3.04. The van der Waals surface area contributed by atoms with Crippen molar-refractivity contribution in [2.24, 2.45) is 0 Å². The van der Waals surface area contributed by atoms with E-state index < -0.39 is 17.9 Å². The second-order valence-electron chi connectivity index (χ2n) is 7.73. The maximum atomic E-state index is 12.8. The molecule has 1 aliphatic rings. The van der Waals surface area contributed by atoms with Gasteiger partial charge in [0, 0.05) is 0 Å². The third-order valence-electron chi connectivity index (χ3n) is 5.12. The molecule has 0 radical (unpaired) electrons. The van der Waals surface area contributed by atoms with Crippen LogP contribution < -0.4 is 10.1 Å². The highest BCUT2D eigenvalue weighted by Crippen LogP contribution is 2.35. The maximum Gasteiger partial charge on any atom is 0.373 e. The summed E-state index contributed by atoms with van der Waals surface area (Å²) in [5.74, 6) is -0.692. The summed E-state index contributed by atoms with van der Waals surface area (Å²) in [6.45, 7) is 2.12. The number of nitrogens with zero attached hydrogens (tertiary/aromatic N) is 1. The van der Waals surface area contributed by atoms with Gasteiger partial charge in [-0.2, -0.15) is 0 Å². The number of esters is 1. The Labute approximate surface area is 211 Å². The number of amides is 3. The van der Waals surface area contributed by atoms with Crippen molar-refractivity contribution in [1.29, 1.82) is 0 Å². The van der Waals surface area contributed by atoms with Crippen molar-refractivity contribution < 1.29 is 28.3 Å². The van der Waals surface area contributed by atoms with Gasteiger partial charge in [-0.1, -0.05) is 53.0 Å². The number of carbonyl (C=O) groups excluding carboxylic acids is 3. The average molecular weight is 515 g/mol. The molecule has 1 saturated heterocycles. The van der Waals surface area contributed by atoms with Crippen molar-refractivity contribution in [3.8, 4) is 5.75 Å². The summed E-state index contributed by atoms with van der Waals surface area (Å²) in [6, 6.07) is 13.3. The average Bonchev–Trinajstić information content (AvgIpc) is 3.38. The lowest BCUT2D eigenvalue weighted by atomic mass is 10.1. The predicted molar refractivity (Wildman–Crippen MR) is 129 cm³/mol. The topological polar surface area (TPSA) is 98.1 Å². The van der Waals surface area contributed by atoms with E-state index in [-0.39, 0.29) is 40.4 Å². The molecule has 0 saturated carbocycles. The van der Waals surface area contributed by atoms with Gasteiger partial charge in [-0.25, -0.2) is 9.59 Å². The molecule has 0 aliphatic carbocycles.